The Hall–Kier alpha value is -2.52. The zero-order valence-corrected chi connectivity index (χ0v) is 14.8. The molecule has 0 spiro atoms. The standard InChI is InChI=1S/C17H18F2N2O4S/c1-25-9-8-20-17(22)10-12-2-4-13(5-3-12)21-26(23,24)14-6-7-15(18)16(19)11-14/h2-7,11,21H,8-10H2,1H3,(H,20,22). The molecule has 2 rings (SSSR count). The van der Waals surface area contributed by atoms with Crippen LogP contribution in [0.15, 0.2) is 47.4 Å². The minimum absolute atomic E-state index is 0.139. The van der Waals surface area contributed by atoms with Gasteiger partial charge in [0.2, 0.25) is 5.91 Å². The van der Waals surface area contributed by atoms with Crippen LogP contribution in [0.25, 0.3) is 0 Å². The van der Waals surface area contributed by atoms with Gasteiger partial charge in [-0.25, -0.2) is 17.2 Å². The van der Waals surface area contributed by atoms with Crippen molar-refractivity contribution in [3.8, 4) is 0 Å². The van der Waals surface area contributed by atoms with Crippen molar-refractivity contribution >= 4 is 21.6 Å². The first-order valence-electron chi connectivity index (χ1n) is 7.64. The Bertz CT molecular complexity index is 871. The van der Waals surface area contributed by atoms with Crippen molar-refractivity contribution < 1.29 is 26.7 Å². The van der Waals surface area contributed by atoms with E-state index in [1.54, 1.807) is 12.1 Å². The molecule has 0 heterocycles. The number of hydrogen-bond acceptors (Lipinski definition) is 4. The molecule has 0 aliphatic rings. The van der Waals surface area contributed by atoms with E-state index in [0.717, 1.165) is 12.1 Å². The zero-order valence-electron chi connectivity index (χ0n) is 14.0. The highest BCUT2D eigenvalue weighted by Crippen LogP contribution is 2.18. The van der Waals surface area contributed by atoms with Crippen LogP contribution < -0.4 is 10.0 Å². The lowest BCUT2D eigenvalue weighted by Gasteiger charge is -2.09. The number of benzene rings is 2. The van der Waals surface area contributed by atoms with Gasteiger partial charge in [-0.05, 0) is 35.9 Å². The second-order valence-electron chi connectivity index (χ2n) is 5.40. The Balaban J connectivity index is 2.01. The molecule has 0 radical (unpaired) electrons. The van der Waals surface area contributed by atoms with E-state index in [0.29, 0.717) is 24.8 Å². The molecule has 0 aliphatic heterocycles. The van der Waals surface area contributed by atoms with Crippen molar-refractivity contribution in [2.24, 2.45) is 0 Å². The number of carbonyl (C=O) groups is 1. The summed E-state index contributed by atoms with van der Waals surface area (Å²) in [5, 5.41) is 2.67. The van der Waals surface area contributed by atoms with Gasteiger partial charge in [-0.1, -0.05) is 12.1 Å². The van der Waals surface area contributed by atoms with Crippen LogP contribution in [0.5, 0.6) is 0 Å². The molecule has 2 N–H and O–H groups in total. The second kappa shape index (κ2) is 8.72. The SMILES string of the molecule is COCCNC(=O)Cc1ccc(NS(=O)(=O)c2ccc(F)c(F)c2)cc1. The van der Waals surface area contributed by atoms with Gasteiger partial charge in [-0.2, -0.15) is 0 Å². The second-order valence-corrected chi connectivity index (χ2v) is 7.08. The molecule has 2 aromatic carbocycles. The quantitative estimate of drug-likeness (QED) is 0.683. The molecule has 0 fully saturated rings. The van der Waals surface area contributed by atoms with Crippen LogP contribution in [0.2, 0.25) is 0 Å². The predicted molar refractivity (Wildman–Crippen MR) is 92.2 cm³/mol. The molecular weight excluding hydrogens is 366 g/mol. The average molecular weight is 384 g/mol. The van der Waals surface area contributed by atoms with Crippen molar-refractivity contribution in [2.75, 3.05) is 25.0 Å². The van der Waals surface area contributed by atoms with E-state index in [9.17, 15) is 22.0 Å². The summed E-state index contributed by atoms with van der Waals surface area (Å²) in [5.41, 5.74) is 0.925. The smallest absolute Gasteiger partial charge is 0.261 e. The lowest BCUT2D eigenvalue weighted by molar-refractivity contribution is -0.120. The van der Waals surface area contributed by atoms with Gasteiger partial charge in [0, 0.05) is 19.3 Å². The summed E-state index contributed by atoms with van der Waals surface area (Å²) in [6.45, 7) is 0.817. The fourth-order valence-corrected chi connectivity index (χ4v) is 3.16. The predicted octanol–water partition coefficient (Wildman–Crippen LogP) is 2.07. The molecule has 26 heavy (non-hydrogen) atoms. The first-order chi connectivity index (χ1) is 12.3. The van der Waals surface area contributed by atoms with Crippen LogP contribution in [0.4, 0.5) is 14.5 Å². The summed E-state index contributed by atoms with van der Waals surface area (Å²) in [6.07, 6.45) is 0.139. The number of methoxy groups -OCH3 is 1. The maximum absolute atomic E-state index is 13.2. The maximum Gasteiger partial charge on any atom is 0.261 e. The van der Waals surface area contributed by atoms with Gasteiger partial charge in [-0.3, -0.25) is 9.52 Å². The van der Waals surface area contributed by atoms with Crippen LogP contribution in [0.1, 0.15) is 5.56 Å². The summed E-state index contributed by atoms with van der Waals surface area (Å²) in [6, 6.07) is 8.48. The number of ether oxygens (including phenoxy) is 1. The van der Waals surface area contributed by atoms with E-state index in [4.69, 9.17) is 4.74 Å². The molecule has 0 saturated carbocycles. The van der Waals surface area contributed by atoms with Crippen molar-refractivity contribution in [3.63, 3.8) is 0 Å². The lowest BCUT2D eigenvalue weighted by Crippen LogP contribution is -2.28. The number of rotatable bonds is 8. The van der Waals surface area contributed by atoms with Crippen LogP contribution in [-0.4, -0.2) is 34.6 Å². The van der Waals surface area contributed by atoms with Gasteiger partial charge < -0.3 is 10.1 Å². The summed E-state index contributed by atoms with van der Waals surface area (Å²) in [4.78, 5) is 11.3. The van der Waals surface area contributed by atoms with E-state index in [2.05, 4.69) is 10.0 Å². The summed E-state index contributed by atoms with van der Waals surface area (Å²) in [7, 11) is -2.52. The largest absolute Gasteiger partial charge is 0.383 e. The topological polar surface area (TPSA) is 84.5 Å². The van der Waals surface area contributed by atoms with Crippen LogP contribution in [-0.2, 0) is 26.0 Å². The Morgan fingerprint density at radius 3 is 2.38 bits per heavy atom. The highest BCUT2D eigenvalue weighted by molar-refractivity contribution is 7.92. The van der Waals surface area contributed by atoms with Gasteiger partial charge in [0.15, 0.2) is 11.6 Å². The van der Waals surface area contributed by atoms with Gasteiger partial charge in [0.05, 0.1) is 17.9 Å². The Labute approximate surface area is 150 Å². The number of halogens is 2. The first-order valence-corrected chi connectivity index (χ1v) is 9.12. The molecule has 0 saturated heterocycles. The molecule has 0 aliphatic carbocycles. The minimum atomic E-state index is -4.05. The molecule has 2 aromatic rings. The van der Waals surface area contributed by atoms with E-state index >= 15 is 0 Å². The fourth-order valence-electron chi connectivity index (χ4n) is 2.09. The average Bonchev–Trinajstić information content (AvgIpc) is 2.59. The highest BCUT2D eigenvalue weighted by atomic mass is 32.2. The van der Waals surface area contributed by atoms with Gasteiger partial charge in [-0.15, -0.1) is 0 Å². The molecule has 140 valence electrons. The highest BCUT2D eigenvalue weighted by Gasteiger charge is 2.16. The number of sulfonamides is 1. The number of nitrogens with one attached hydrogen (secondary N) is 2. The zero-order chi connectivity index (χ0) is 19.2. The third kappa shape index (κ3) is 5.50. The molecule has 6 nitrogen and oxygen atoms in total. The summed E-state index contributed by atoms with van der Waals surface area (Å²) < 4.78 is 57.6. The van der Waals surface area contributed by atoms with E-state index in [1.807, 2.05) is 0 Å². The fraction of sp³-hybridized carbons (Fsp3) is 0.235. The van der Waals surface area contributed by atoms with Crippen molar-refractivity contribution in [1.82, 2.24) is 5.32 Å². The van der Waals surface area contributed by atoms with E-state index in [1.165, 1.54) is 19.2 Å². The molecule has 0 unspecified atom stereocenters. The number of carbonyl (C=O) groups excluding carboxylic acids is 1. The number of hydrogen-bond donors (Lipinski definition) is 2. The molecular formula is C17H18F2N2O4S. The minimum Gasteiger partial charge on any atom is -0.383 e. The third-order valence-electron chi connectivity index (χ3n) is 3.40. The van der Waals surface area contributed by atoms with Crippen molar-refractivity contribution in [1.29, 1.82) is 0 Å². The van der Waals surface area contributed by atoms with Crippen molar-refractivity contribution in [2.45, 2.75) is 11.3 Å². The number of amides is 1. The van der Waals surface area contributed by atoms with E-state index < -0.39 is 26.6 Å². The maximum atomic E-state index is 13.2. The Kier molecular flexibility index (Phi) is 6.64. The molecule has 9 heteroatoms. The monoisotopic (exact) mass is 384 g/mol. The normalized spacial score (nSPS) is 11.2. The summed E-state index contributed by atoms with van der Waals surface area (Å²) >= 11 is 0. The molecule has 0 atom stereocenters. The van der Waals surface area contributed by atoms with Gasteiger partial charge >= 0.3 is 0 Å². The van der Waals surface area contributed by atoms with Crippen LogP contribution in [0.3, 0.4) is 0 Å². The Morgan fingerprint density at radius 1 is 1.08 bits per heavy atom. The van der Waals surface area contributed by atoms with Gasteiger partial charge in [0.25, 0.3) is 10.0 Å². The van der Waals surface area contributed by atoms with Crippen LogP contribution in [0, 0.1) is 11.6 Å². The Morgan fingerprint density at radius 2 is 1.77 bits per heavy atom. The number of anilines is 1. The van der Waals surface area contributed by atoms with Crippen LogP contribution >= 0.6 is 0 Å². The van der Waals surface area contributed by atoms with Gasteiger partial charge in [0.1, 0.15) is 0 Å². The summed E-state index contributed by atoms with van der Waals surface area (Å²) in [5.74, 6) is -2.56. The molecule has 0 bridgehead atoms. The molecule has 0 aromatic heterocycles. The van der Waals surface area contributed by atoms with Crippen molar-refractivity contribution in [3.05, 3.63) is 59.7 Å². The third-order valence-corrected chi connectivity index (χ3v) is 4.78. The van der Waals surface area contributed by atoms with E-state index in [-0.39, 0.29) is 18.0 Å². The first kappa shape index (κ1) is 19.8. The lowest BCUT2D eigenvalue weighted by atomic mass is 10.1. The molecule has 1 amide bonds.